The zero-order chi connectivity index (χ0) is 8.55. The standard InChI is InChI=1S/C11H10F/c1-8(12)10-7-6-9-4-2-3-5-11(9)10/h2-4,6-8,10H,1H3. The first-order valence-electron chi connectivity index (χ1n) is 4.12. The minimum absolute atomic E-state index is 0.0822. The highest BCUT2D eigenvalue weighted by Gasteiger charge is 2.21. The van der Waals surface area contributed by atoms with Gasteiger partial charge in [-0.2, -0.15) is 0 Å². The molecule has 0 bridgehead atoms. The maximum atomic E-state index is 13.0. The van der Waals surface area contributed by atoms with Gasteiger partial charge >= 0.3 is 0 Å². The summed E-state index contributed by atoms with van der Waals surface area (Å²) in [7, 11) is 0. The molecule has 2 atom stereocenters. The fraction of sp³-hybridized carbons (Fsp3) is 0.273. The van der Waals surface area contributed by atoms with Gasteiger partial charge in [0, 0.05) is 5.92 Å². The van der Waals surface area contributed by atoms with Crippen molar-refractivity contribution in [3.05, 3.63) is 41.5 Å². The summed E-state index contributed by atoms with van der Waals surface area (Å²) in [6, 6.07) is 8.83. The van der Waals surface area contributed by atoms with Crippen LogP contribution in [0.3, 0.4) is 0 Å². The van der Waals surface area contributed by atoms with Crippen molar-refractivity contribution in [1.29, 1.82) is 0 Å². The smallest absolute Gasteiger partial charge is 0.108 e. The van der Waals surface area contributed by atoms with E-state index < -0.39 is 6.17 Å². The number of alkyl halides is 1. The van der Waals surface area contributed by atoms with Crippen LogP contribution in [0.2, 0.25) is 0 Å². The molecular weight excluding hydrogens is 151 g/mol. The monoisotopic (exact) mass is 161 g/mol. The lowest BCUT2D eigenvalue weighted by molar-refractivity contribution is 0.336. The summed E-state index contributed by atoms with van der Waals surface area (Å²) in [5.74, 6) is -0.0822. The van der Waals surface area contributed by atoms with E-state index in [9.17, 15) is 4.39 Å². The third kappa shape index (κ3) is 1.06. The first kappa shape index (κ1) is 7.53. The second kappa shape index (κ2) is 2.74. The van der Waals surface area contributed by atoms with E-state index in [-0.39, 0.29) is 5.92 Å². The molecule has 61 valence electrons. The third-order valence-corrected chi connectivity index (χ3v) is 2.23. The maximum Gasteiger partial charge on any atom is 0.108 e. The molecule has 12 heavy (non-hydrogen) atoms. The van der Waals surface area contributed by atoms with E-state index in [1.54, 1.807) is 6.92 Å². The van der Waals surface area contributed by atoms with E-state index in [0.717, 1.165) is 11.1 Å². The second-order valence-corrected chi connectivity index (χ2v) is 3.10. The van der Waals surface area contributed by atoms with Crippen LogP contribution in [0.4, 0.5) is 4.39 Å². The van der Waals surface area contributed by atoms with Gasteiger partial charge in [0.05, 0.1) is 0 Å². The largest absolute Gasteiger partial charge is 0.247 e. The summed E-state index contributed by atoms with van der Waals surface area (Å²) in [6.45, 7) is 1.59. The minimum Gasteiger partial charge on any atom is -0.247 e. The predicted octanol–water partition coefficient (Wildman–Crippen LogP) is 2.96. The Balaban J connectivity index is 2.42. The van der Waals surface area contributed by atoms with Gasteiger partial charge in [-0.05, 0) is 24.1 Å². The lowest BCUT2D eigenvalue weighted by Gasteiger charge is -2.10. The molecule has 0 aliphatic heterocycles. The van der Waals surface area contributed by atoms with Gasteiger partial charge in [-0.15, -0.1) is 0 Å². The van der Waals surface area contributed by atoms with E-state index in [2.05, 4.69) is 6.07 Å². The van der Waals surface area contributed by atoms with Gasteiger partial charge in [-0.3, -0.25) is 0 Å². The zero-order valence-electron chi connectivity index (χ0n) is 6.92. The molecule has 0 fully saturated rings. The molecule has 2 rings (SSSR count). The highest BCUT2D eigenvalue weighted by molar-refractivity contribution is 5.62. The predicted molar refractivity (Wildman–Crippen MR) is 47.6 cm³/mol. The Labute approximate surface area is 71.7 Å². The normalized spacial score (nSPS) is 22.3. The number of halogens is 1. The lowest BCUT2D eigenvalue weighted by Crippen LogP contribution is -2.05. The van der Waals surface area contributed by atoms with E-state index in [0.29, 0.717) is 0 Å². The molecule has 1 aliphatic carbocycles. The van der Waals surface area contributed by atoms with Gasteiger partial charge in [0.2, 0.25) is 0 Å². The van der Waals surface area contributed by atoms with Crippen molar-refractivity contribution in [1.82, 2.24) is 0 Å². The molecule has 1 radical (unpaired) electrons. The molecule has 2 unspecified atom stereocenters. The minimum atomic E-state index is -0.818. The Hall–Kier alpha value is -1.11. The Morgan fingerprint density at radius 1 is 1.58 bits per heavy atom. The fourth-order valence-electron chi connectivity index (χ4n) is 1.58. The van der Waals surface area contributed by atoms with Crippen molar-refractivity contribution in [3.8, 4) is 0 Å². The Bertz CT molecular complexity index is 313. The van der Waals surface area contributed by atoms with Crippen LogP contribution < -0.4 is 0 Å². The summed E-state index contributed by atoms with van der Waals surface area (Å²) < 4.78 is 13.0. The van der Waals surface area contributed by atoms with Crippen molar-refractivity contribution in [3.63, 3.8) is 0 Å². The number of hydrogen-bond acceptors (Lipinski definition) is 0. The van der Waals surface area contributed by atoms with Crippen molar-refractivity contribution < 1.29 is 4.39 Å². The molecule has 0 spiro atoms. The van der Waals surface area contributed by atoms with Gasteiger partial charge in [-0.25, -0.2) is 4.39 Å². The number of hydrogen-bond donors (Lipinski definition) is 0. The Kier molecular flexibility index (Phi) is 1.72. The third-order valence-electron chi connectivity index (χ3n) is 2.23. The molecule has 0 aromatic heterocycles. The Morgan fingerprint density at radius 2 is 2.42 bits per heavy atom. The van der Waals surface area contributed by atoms with Gasteiger partial charge < -0.3 is 0 Å². The lowest BCUT2D eigenvalue weighted by atomic mass is 9.97. The summed E-state index contributed by atoms with van der Waals surface area (Å²) >= 11 is 0. The molecule has 1 heteroatoms. The van der Waals surface area contributed by atoms with Crippen molar-refractivity contribution >= 4 is 6.08 Å². The number of allylic oxidation sites excluding steroid dienone is 1. The van der Waals surface area contributed by atoms with Crippen LogP contribution in [-0.2, 0) is 0 Å². The van der Waals surface area contributed by atoms with Gasteiger partial charge in [0.1, 0.15) is 6.17 Å². The Morgan fingerprint density at radius 3 is 3.17 bits per heavy atom. The van der Waals surface area contributed by atoms with E-state index in [1.165, 1.54) is 0 Å². The summed E-state index contributed by atoms with van der Waals surface area (Å²) in [6.07, 6.45) is 3.06. The molecule has 0 nitrogen and oxygen atoms in total. The molecule has 1 aromatic carbocycles. The molecule has 0 saturated carbocycles. The van der Waals surface area contributed by atoms with Crippen molar-refractivity contribution in [2.24, 2.45) is 0 Å². The van der Waals surface area contributed by atoms with Gasteiger partial charge in [0.25, 0.3) is 0 Å². The molecule has 0 heterocycles. The topological polar surface area (TPSA) is 0 Å². The molecule has 1 aromatic rings. The fourth-order valence-corrected chi connectivity index (χ4v) is 1.58. The summed E-state index contributed by atoms with van der Waals surface area (Å²) in [4.78, 5) is 0. The average Bonchev–Trinajstić information content (AvgIpc) is 2.47. The van der Waals surface area contributed by atoms with Crippen LogP contribution in [0.25, 0.3) is 6.08 Å². The van der Waals surface area contributed by atoms with Crippen LogP contribution in [-0.4, -0.2) is 6.17 Å². The first-order valence-corrected chi connectivity index (χ1v) is 4.12. The highest BCUT2D eigenvalue weighted by Crippen LogP contribution is 2.32. The second-order valence-electron chi connectivity index (χ2n) is 3.10. The average molecular weight is 161 g/mol. The van der Waals surface area contributed by atoms with E-state index in [1.807, 2.05) is 30.4 Å². The number of fused-ring (bicyclic) bond motifs is 1. The molecule has 1 aliphatic rings. The maximum absolute atomic E-state index is 13.0. The van der Waals surface area contributed by atoms with Crippen LogP contribution >= 0.6 is 0 Å². The summed E-state index contributed by atoms with van der Waals surface area (Å²) in [5, 5.41) is 0. The summed E-state index contributed by atoms with van der Waals surface area (Å²) in [5.41, 5.74) is 2.10. The first-order chi connectivity index (χ1) is 5.79. The quantitative estimate of drug-likeness (QED) is 0.594. The molecule has 0 amide bonds. The van der Waals surface area contributed by atoms with Crippen LogP contribution in [0.1, 0.15) is 24.0 Å². The number of benzene rings is 1. The van der Waals surface area contributed by atoms with Crippen molar-refractivity contribution in [2.75, 3.05) is 0 Å². The SMILES string of the molecule is CC(F)C1C=Cc2ccc[c]c21. The van der Waals surface area contributed by atoms with Gasteiger partial charge in [0.15, 0.2) is 0 Å². The van der Waals surface area contributed by atoms with Crippen molar-refractivity contribution in [2.45, 2.75) is 19.0 Å². The zero-order valence-corrected chi connectivity index (χ0v) is 6.92. The van der Waals surface area contributed by atoms with E-state index >= 15 is 0 Å². The van der Waals surface area contributed by atoms with Crippen LogP contribution in [0, 0.1) is 6.07 Å². The van der Waals surface area contributed by atoms with Gasteiger partial charge in [-0.1, -0.05) is 30.4 Å². The molecule has 0 saturated heterocycles. The number of rotatable bonds is 1. The van der Waals surface area contributed by atoms with Crippen LogP contribution in [0.5, 0.6) is 0 Å². The van der Waals surface area contributed by atoms with E-state index in [4.69, 9.17) is 0 Å². The molecular formula is C11H10F. The highest BCUT2D eigenvalue weighted by atomic mass is 19.1. The van der Waals surface area contributed by atoms with Crippen LogP contribution in [0.15, 0.2) is 24.3 Å². The molecule has 0 N–H and O–H groups in total.